The van der Waals surface area contributed by atoms with Crippen molar-refractivity contribution in [2.24, 2.45) is 53.3 Å². The topological polar surface area (TPSA) is 105 Å². The van der Waals surface area contributed by atoms with Crippen molar-refractivity contribution < 1.29 is 9.47 Å². The van der Waals surface area contributed by atoms with Gasteiger partial charge in [-0.3, -0.25) is 0 Å². The van der Waals surface area contributed by atoms with Crippen molar-refractivity contribution in [3.05, 3.63) is 116 Å². The lowest BCUT2D eigenvalue weighted by molar-refractivity contribution is -0.187. The van der Waals surface area contributed by atoms with E-state index in [1.165, 1.54) is 147 Å². The fraction of sp³-hybridized carbons (Fsp3) is 0.714. The van der Waals surface area contributed by atoms with Gasteiger partial charge in [-0.15, -0.1) is 0 Å². The summed E-state index contributed by atoms with van der Waals surface area (Å²) in [5.74, 6) is 10.4. The number of nitrogens with zero attached hydrogens (tertiary/aromatic N) is 4. The minimum atomic E-state index is 0. The van der Waals surface area contributed by atoms with Gasteiger partial charge < -0.3 is 15.6 Å². The van der Waals surface area contributed by atoms with Gasteiger partial charge in [0.2, 0.25) is 0 Å². The molecular formula is C70H126N5O2P. The Bertz CT molecular complexity index is 1700. The monoisotopic (exact) mass is 1100 g/mol. The van der Waals surface area contributed by atoms with Gasteiger partial charge in [-0.2, -0.15) is 9.90 Å². The molecule has 0 amide bonds. The molecule has 0 bridgehead atoms. The van der Waals surface area contributed by atoms with Gasteiger partial charge in [0.25, 0.3) is 0 Å². The molecule has 3 heterocycles. The van der Waals surface area contributed by atoms with Crippen molar-refractivity contribution in [2.75, 3.05) is 13.2 Å². The highest BCUT2D eigenvalue weighted by molar-refractivity contribution is 6.92. The Morgan fingerprint density at radius 1 is 0.295 bits per heavy atom. The van der Waals surface area contributed by atoms with Crippen LogP contribution in [0.25, 0.3) is 0 Å². The number of hydrogen-bond acceptors (Lipinski definition) is 7. The second kappa shape index (κ2) is 43.6. The normalized spacial score (nSPS) is 24.8. The minimum absolute atomic E-state index is 0. The summed E-state index contributed by atoms with van der Waals surface area (Å²) < 4.78 is 10.3. The van der Waals surface area contributed by atoms with Crippen LogP contribution in [0.5, 0.6) is 0 Å². The van der Waals surface area contributed by atoms with E-state index in [0.29, 0.717) is 5.92 Å². The third-order valence-corrected chi connectivity index (χ3v) is 16.4. The van der Waals surface area contributed by atoms with Gasteiger partial charge >= 0.3 is 0 Å². The molecule has 4 aromatic rings. The van der Waals surface area contributed by atoms with Gasteiger partial charge in [0.15, 0.2) is 6.29 Å². The Morgan fingerprint density at radius 3 is 0.628 bits per heavy atom. The largest absolute Gasteiger partial charge is 0.353 e. The SMILES string of the molecule is CC1CCC(C)CC1.CC1CCC(C)CC1.CC1CCC(C)CC1.CC1CCC(C)CC1.CC1COC(C)OC1.Cc1cc(C)c(C)c(C)c1.Cc1cc(C)c(C)c(C)c1.Cc1cnc(C)nc1.Cc1cnc(C)nc1.N.P. The van der Waals surface area contributed by atoms with Crippen LogP contribution in [-0.2, 0) is 9.47 Å². The number of hydrogen-bond donors (Lipinski definition) is 1. The fourth-order valence-corrected chi connectivity index (χ4v) is 9.82. The van der Waals surface area contributed by atoms with Crippen LogP contribution in [0.4, 0.5) is 0 Å². The molecule has 9 rings (SSSR count). The highest BCUT2D eigenvalue weighted by Gasteiger charge is 2.16. The molecular weight excluding hydrogens is 974 g/mol. The van der Waals surface area contributed by atoms with E-state index >= 15 is 0 Å². The first-order valence-corrected chi connectivity index (χ1v) is 30.6. The molecule has 1 atom stereocenters. The maximum atomic E-state index is 5.17. The molecule has 0 radical (unpaired) electrons. The van der Waals surface area contributed by atoms with Crippen molar-refractivity contribution in [3.63, 3.8) is 0 Å². The van der Waals surface area contributed by atoms with Crippen LogP contribution in [0.2, 0.25) is 0 Å². The Hall–Kier alpha value is -3.09. The predicted molar refractivity (Wildman–Crippen MR) is 348 cm³/mol. The molecule has 3 N–H and O–H groups in total. The van der Waals surface area contributed by atoms with Crippen LogP contribution in [-0.4, -0.2) is 39.4 Å². The van der Waals surface area contributed by atoms with E-state index in [1.54, 1.807) is 0 Å². The quantitative estimate of drug-likeness (QED) is 0.175. The summed E-state index contributed by atoms with van der Waals surface area (Å²) in [6.45, 7) is 49.6. The molecule has 4 aliphatic carbocycles. The average Bonchev–Trinajstić information content (AvgIpc) is 3.38. The standard InChI is InChI=1S/2C10H14.4C8H16.2C6H8N2.C6H12O2.H3N.H3P/c2*1-7-5-8(2)10(4)9(3)6-7;4*1-7-3-5-8(2)6-4-7;3*1-5-3-7-6(2)8-4-5;;/h2*5-6H,1-4H3;4*7-8H,3-6H2,1-2H3;2*3-4H,1-2H3;5-6H,3-4H2,1-2H3;2*1H3. The van der Waals surface area contributed by atoms with Gasteiger partial charge in [0.1, 0.15) is 11.6 Å². The summed E-state index contributed by atoms with van der Waals surface area (Å²) in [5.41, 5.74) is 13.4. The molecule has 0 spiro atoms. The van der Waals surface area contributed by atoms with Gasteiger partial charge in [0, 0.05) is 30.7 Å². The summed E-state index contributed by atoms with van der Waals surface area (Å²) in [5, 5.41) is 0. The lowest BCUT2D eigenvalue weighted by Gasteiger charge is -2.24. The van der Waals surface area contributed by atoms with E-state index in [1.807, 2.05) is 59.4 Å². The zero-order valence-electron chi connectivity index (χ0n) is 55.1. The van der Waals surface area contributed by atoms with Crippen LogP contribution in [0.1, 0.15) is 239 Å². The molecule has 4 saturated carbocycles. The maximum absolute atomic E-state index is 5.17. The Balaban J connectivity index is 0. The van der Waals surface area contributed by atoms with Crippen LogP contribution in [0.15, 0.2) is 49.1 Å². The first kappa shape index (κ1) is 77.0. The van der Waals surface area contributed by atoms with E-state index in [0.717, 1.165) is 83.3 Å². The highest BCUT2D eigenvalue weighted by Crippen LogP contribution is 2.30. The smallest absolute Gasteiger partial charge is 0.154 e. The van der Waals surface area contributed by atoms with Crippen molar-refractivity contribution >= 4 is 9.90 Å². The molecule has 5 aliphatic rings. The van der Waals surface area contributed by atoms with Crippen LogP contribution < -0.4 is 6.15 Å². The third kappa shape index (κ3) is 38.5. The van der Waals surface area contributed by atoms with Crippen molar-refractivity contribution in [1.29, 1.82) is 0 Å². The molecule has 448 valence electrons. The van der Waals surface area contributed by atoms with Crippen molar-refractivity contribution in [2.45, 2.75) is 261 Å². The first-order valence-electron chi connectivity index (χ1n) is 30.6. The molecule has 8 heteroatoms. The molecule has 2 aromatic carbocycles. The predicted octanol–water partition coefficient (Wildman–Crippen LogP) is 20.6. The fourth-order valence-electron chi connectivity index (χ4n) is 9.82. The van der Waals surface area contributed by atoms with Crippen LogP contribution >= 0.6 is 9.90 Å². The van der Waals surface area contributed by atoms with E-state index < -0.39 is 0 Å². The third-order valence-electron chi connectivity index (χ3n) is 16.4. The van der Waals surface area contributed by atoms with E-state index in [2.05, 4.69) is 162 Å². The minimum Gasteiger partial charge on any atom is -0.353 e. The number of rotatable bonds is 0. The molecule has 1 saturated heterocycles. The number of aromatic nitrogens is 4. The highest BCUT2D eigenvalue weighted by atomic mass is 31.0. The molecule has 2 aromatic heterocycles. The molecule has 78 heavy (non-hydrogen) atoms. The summed E-state index contributed by atoms with van der Waals surface area (Å²) in [4.78, 5) is 15.9. The van der Waals surface area contributed by atoms with Crippen LogP contribution in [0, 0.1) is 136 Å². The van der Waals surface area contributed by atoms with Crippen molar-refractivity contribution in [3.8, 4) is 0 Å². The van der Waals surface area contributed by atoms with Gasteiger partial charge in [-0.05, 0) is 182 Å². The van der Waals surface area contributed by atoms with E-state index in [9.17, 15) is 0 Å². The number of ether oxygens (including phenoxy) is 2. The molecule has 1 aliphatic heterocycles. The van der Waals surface area contributed by atoms with Gasteiger partial charge in [-0.25, -0.2) is 19.9 Å². The summed E-state index contributed by atoms with van der Waals surface area (Å²) in [6.07, 6.45) is 30.8. The number of aryl methyl sites for hydroxylation is 10. The van der Waals surface area contributed by atoms with Crippen molar-refractivity contribution in [1.82, 2.24) is 26.1 Å². The Kier molecular flexibility index (Phi) is 43.0. The van der Waals surface area contributed by atoms with Crippen LogP contribution in [0.3, 0.4) is 0 Å². The summed E-state index contributed by atoms with van der Waals surface area (Å²) >= 11 is 0. The van der Waals surface area contributed by atoms with E-state index in [4.69, 9.17) is 9.47 Å². The molecule has 5 fully saturated rings. The Labute approximate surface area is 487 Å². The zero-order chi connectivity index (χ0) is 57.3. The lowest BCUT2D eigenvalue weighted by atomic mass is 9.84. The lowest BCUT2D eigenvalue weighted by Crippen LogP contribution is -2.27. The first-order chi connectivity index (χ1) is 35.7. The summed E-state index contributed by atoms with van der Waals surface area (Å²) in [7, 11) is 0. The van der Waals surface area contributed by atoms with Gasteiger partial charge in [-0.1, -0.05) is 200 Å². The maximum Gasteiger partial charge on any atom is 0.154 e. The zero-order valence-corrected chi connectivity index (χ0v) is 56.6. The second-order valence-electron chi connectivity index (χ2n) is 25.5. The number of benzene rings is 2. The van der Waals surface area contributed by atoms with Gasteiger partial charge in [0.05, 0.1) is 13.2 Å². The molecule has 7 nitrogen and oxygen atoms in total. The second-order valence-corrected chi connectivity index (χ2v) is 25.5. The average molecular weight is 1100 g/mol. The summed E-state index contributed by atoms with van der Waals surface area (Å²) in [6, 6.07) is 8.90. The molecule has 1 unspecified atom stereocenters. The Morgan fingerprint density at radius 2 is 0.474 bits per heavy atom. The van der Waals surface area contributed by atoms with E-state index in [-0.39, 0.29) is 22.3 Å².